The molecule has 0 unspecified atom stereocenters. The summed E-state index contributed by atoms with van der Waals surface area (Å²) < 4.78 is 26.9. The van der Waals surface area contributed by atoms with Crippen LogP contribution in [0, 0.1) is 11.3 Å². The molecule has 1 aromatic carbocycles. The molecule has 0 atom stereocenters. The first kappa shape index (κ1) is 23.8. The molecule has 0 fully saturated rings. The number of aromatic nitrogens is 4. The zero-order valence-electron chi connectivity index (χ0n) is 16.5. The molecule has 0 aliphatic carbocycles. The number of hydrogen-bond acceptors (Lipinski definition) is 5. The quantitative estimate of drug-likeness (QED) is 0.360. The van der Waals surface area contributed by atoms with E-state index in [9.17, 15) is 23.2 Å². The number of nitriles is 1. The number of nitrogens with zero attached hydrogens (tertiary/aromatic N) is 4. The molecule has 3 aromatic rings. The van der Waals surface area contributed by atoms with Gasteiger partial charge in [-0.15, -0.1) is 0 Å². The number of rotatable bonds is 6. The van der Waals surface area contributed by atoms with E-state index < -0.39 is 26.3 Å². The molecule has 2 aromatic heterocycles. The van der Waals surface area contributed by atoms with Gasteiger partial charge in [0.2, 0.25) is 0 Å². The maximum atomic E-state index is 14.1. The van der Waals surface area contributed by atoms with Gasteiger partial charge < -0.3 is 0 Å². The lowest BCUT2D eigenvalue weighted by molar-refractivity contribution is 0.120. The van der Waals surface area contributed by atoms with E-state index in [0.717, 1.165) is 44.2 Å². The second-order valence-corrected chi connectivity index (χ2v) is 8.76. The number of aryl methyl sites for hydroxylation is 2. The van der Waals surface area contributed by atoms with Gasteiger partial charge in [0.15, 0.2) is 0 Å². The average molecular weight is 574 g/mol. The Morgan fingerprint density at radius 1 is 1.22 bits per heavy atom. The van der Waals surface area contributed by atoms with Gasteiger partial charge in [-0.1, -0.05) is 11.6 Å². The van der Waals surface area contributed by atoms with Crippen molar-refractivity contribution in [1.29, 1.82) is 5.26 Å². The van der Waals surface area contributed by atoms with E-state index in [1.807, 2.05) is 6.07 Å². The average Bonchev–Trinajstić information content (AvgIpc) is 2.71. The Labute approximate surface area is 198 Å². The molecule has 0 aliphatic heterocycles. The third-order valence-electron chi connectivity index (χ3n) is 4.68. The Hall–Kier alpha value is -2.85. The van der Waals surface area contributed by atoms with Crippen LogP contribution < -0.4 is 16.7 Å². The van der Waals surface area contributed by atoms with Crippen molar-refractivity contribution in [3.63, 3.8) is 0 Å². The zero-order chi connectivity index (χ0) is 23.6. The Morgan fingerprint density at radius 2 is 1.94 bits per heavy atom. The number of aromatic amines is 1. The van der Waals surface area contributed by atoms with Crippen LogP contribution in [0.25, 0.3) is 0 Å². The predicted octanol–water partition coefficient (Wildman–Crippen LogP) is 2.47. The fourth-order valence-corrected chi connectivity index (χ4v) is 3.86. The van der Waals surface area contributed by atoms with Crippen LogP contribution in [0.15, 0.2) is 45.0 Å². The number of alkyl halides is 3. The Kier molecular flexibility index (Phi) is 6.94. The van der Waals surface area contributed by atoms with Gasteiger partial charge in [-0.05, 0) is 36.6 Å². The Morgan fingerprint density at radius 3 is 2.59 bits per heavy atom. The van der Waals surface area contributed by atoms with Crippen LogP contribution in [-0.4, -0.2) is 19.3 Å². The number of H-pyrrole nitrogens is 1. The number of benzene rings is 1. The summed E-state index contributed by atoms with van der Waals surface area (Å²) in [7, 11) is 1.37. The summed E-state index contributed by atoms with van der Waals surface area (Å²) in [4.78, 5) is 40.7. The number of nitrogens with one attached hydrogen (secondary N) is 1. The highest BCUT2D eigenvalue weighted by Crippen LogP contribution is 2.35. The van der Waals surface area contributed by atoms with Crippen LogP contribution >= 0.6 is 34.2 Å². The van der Waals surface area contributed by atoms with E-state index >= 15 is 0 Å². The van der Waals surface area contributed by atoms with Gasteiger partial charge >= 0.3 is 3.93 Å². The fraction of sp³-hybridized carbons (Fsp3) is 0.250. The van der Waals surface area contributed by atoms with E-state index in [-0.39, 0.29) is 30.5 Å². The summed E-state index contributed by atoms with van der Waals surface area (Å²) in [6.07, 6.45) is 0.985. The maximum Gasteiger partial charge on any atom is 0.338 e. The molecule has 0 radical (unpaired) electrons. The molecule has 3 rings (SSSR count). The molecule has 0 saturated heterocycles. The second kappa shape index (κ2) is 9.33. The van der Waals surface area contributed by atoms with E-state index in [1.54, 1.807) is 12.1 Å². The third-order valence-corrected chi connectivity index (χ3v) is 5.41. The molecule has 8 nitrogen and oxygen atoms in total. The SMILES string of the molecule is Cn1[nH]c(=O)c(Cn2cnc(C(F)(F)I)c(CCc3cc(Cl)cc(C#N)c3)c2=O)cc1=O. The summed E-state index contributed by atoms with van der Waals surface area (Å²) in [6.45, 7) is -0.312. The van der Waals surface area contributed by atoms with Crippen LogP contribution in [0.4, 0.5) is 8.78 Å². The van der Waals surface area contributed by atoms with Gasteiger partial charge in [-0.2, -0.15) is 14.0 Å². The molecule has 0 bridgehead atoms. The summed E-state index contributed by atoms with van der Waals surface area (Å²) >= 11 is 6.89. The zero-order valence-corrected chi connectivity index (χ0v) is 19.4. The number of hydrogen-bond donors (Lipinski definition) is 1. The molecule has 1 N–H and O–H groups in total. The molecular formula is C20H15ClF2IN5O3. The van der Waals surface area contributed by atoms with Crippen LogP contribution in [-0.2, 0) is 30.4 Å². The van der Waals surface area contributed by atoms with E-state index in [4.69, 9.17) is 16.9 Å². The van der Waals surface area contributed by atoms with Crippen molar-refractivity contribution in [3.8, 4) is 6.07 Å². The molecular weight excluding hydrogens is 559 g/mol. The minimum Gasteiger partial charge on any atom is -0.294 e. The molecule has 0 amide bonds. The van der Waals surface area contributed by atoms with Gasteiger partial charge in [-0.25, -0.2) is 4.98 Å². The first-order chi connectivity index (χ1) is 15.0. The lowest BCUT2D eigenvalue weighted by Crippen LogP contribution is -2.34. The summed E-state index contributed by atoms with van der Waals surface area (Å²) in [6, 6.07) is 7.64. The first-order valence-electron chi connectivity index (χ1n) is 9.14. The van der Waals surface area contributed by atoms with Crippen LogP contribution in [0.3, 0.4) is 0 Å². The van der Waals surface area contributed by atoms with E-state index in [2.05, 4.69) is 10.1 Å². The van der Waals surface area contributed by atoms with Gasteiger partial charge in [0.25, 0.3) is 16.7 Å². The molecule has 0 aliphatic rings. The highest BCUT2D eigenvalue weighted by molar-refractivity contribution is 14.1. The highest BCUT2D eigenvalue weighted by Gasteiger charge is 2.33. The minimum atomic E-state index is -3.41. The minimum absolute atomic E-state index is 0.00885. The van der Waals surface area contributed by atoms with Gasteiger partial charge in [0.05, 0.1) is 24.5 Å². The molecule has 0 saturated carbocycles. The second-order valence-electron chi connectivity index (χ2n) is 6.97. The van der Waals surface area contributed by atoms with Gasteiger partial charge in [0, 0.05) is 51.9 Å². The standard InChI is InChI=1S/C20H15ClF2IN5O3/c1-28-16(30)7-13(18(31)27-28)9-29-10-26-17(20(22,23)24)15(19(29)32)3-2-11-4-12(8-25)6-14(21)5-11/h4-7,10H,2-3,9H2,1H3,(H,27,31). The summed E-state index contributed by atoms with van der Waals surface area (Å²) in [5, 5.41) is 11.7. The van der Waals surface area contributed by atoms with Crippen molar-refractivity contribution in [2.75, 3.05) is 0 Å². The van der Waals surface area contributed by atoms with Crippen molar-refractivity contribution in [2.45, 2.75) is 23.3 Å². The van der Waals surface area contributed by atoms with Crippen molar-refractivity contribution >= 4 is 34.2 Å². The maximum absolute atomic E-state index is 14.1. The van der Waals surface area contributed by atoms with Gasteiger partial charge in [-0.3, -0.25) is 28.7 Å². The van der Waals surface area contributed by atoms with E-state index in [0.29, 0.717) is 16.1 Å². The summed E-state index contributed by atoms with van der Waals surface area (Å²) in [5.74, 6) is 0. The van der Waals surface area contributed by atoms with Crippen LogP contribution in [0.5, 0.6) is 0 Å². The Balaban J connectivity index is 2.02. The predicted molar refractivity (Wildman–Crippen MR) is 121 cm³/mol. The van der Waals surface area contributed by atoms with Crippen LogP contribution in [0.2, 0.25) is 5.02 Å². The molecule has 2 heterocycles. The fourth-order valence-electron chi connectivity index (χ4n) is 3.13. The largest absolute Gasteiger partial charge is 0.338 e. The first-order valence-corrected chi connectivity index (χ1v) is 10.6. The monoisotopic (exact) mass is 573 g/mol. The van der Waals surface area contributed by atoms with E-state index in [1.165, 1.54) is 13.1 Å². The number of halogens is 4. The van der Waals surface area contributed by atoms with Crippen molar-refractivity contribution in [2.24, 2.45) is 7.05 Å². The molecule has 0 spiro atoms. The Bertz CT molecular complexity index is 1400. The normalized spacial score (nSPS) is 11.4. The van der Waals surface area contributed by atoms with Crippen molar-refractivity contribution in [1.82, 2.24) is 19.3 Å². The van der Waals surface area contributed by atoms with Crippen molar-refractivity contribution in [3.05, 3.63) is 94.6 Å². The topological polar surface area (TPSA) is 114 Å². The molecule has 32 heavy (non-hydrogen) atoms. The molecule has 166 valence electrons. The lowest BCUT2D eigenvalue weighted by Gasteiger charge is -2.15. The lowest BCUT2D eigenvalue weighted by atomic mass is 10.0. The highest BCUT2D eigenvalue weighted by atomic mass is 127. The van der Waals surface area contributed by atoms with Gasteiger partial charge in [0.1, 0.15) is 5.69 Å². The van der Waals surface area contributed by atoms with Crippen LogP contribution in [0.1, 0.15) is 27.9 Å². The third kappa shape index (κ3) is 5.31. The smallest absolute Gasteiger partial charge is 0.294 e. The van der Waals surface area contributed by atoms with Crippen molar-refractivity contribution < 1.29 is 8.78 Å². The summed E-state index contributed by atoms with van der Waals surface area (Å²) in [5.41, 5.74) is -1.86. The molecule has 12 heteroatoms.